The van der Waals surface area contributed by atoms with E-state index in [0.717, 1.165) is 12.1 Å². The summed E-state index contributed by atoms with van der Waals surface area (Å²) in [6, 6.07) is 7.41. The maximum atomic E-state index is 10.7. The summed E-state index contributed by atoms with van der Waals surface area (Å²) >= 11 is 0. The molecular formula is C14H12N2O6Zn. The van der Waals surface area contributed by atoms with Gasteiger partial charge in [0.2, 0.25) is 0 Å². The molecule has 0 saturated heterocycles. The Morgan fingerprint density at radius 3 is 1.83 bits per heavy atom. The number of aromatic hydroxyl groups is 1. The van der Waals surface area contributed by atoms with Crippen LogP contribution in [0.3, 0.4) is 0 Å². The van der Waals surface area contributed by atoms with Gasteiger partial charge in [0, 0.05) is 11.4 Å². The Labute approximate surface area is 143 Å². The van der Waals surface area contributed by atoms with Crippen molar-refractivity contribution in [1.29, 1.82) is 0 Å². The van der Waals surface area contributed by atoms with Gasteiger partial charge in [-0.05, 0) is 35.9 Å². The third-order valence-electron chi connectivity index (χ3n) is 2.47. The molecule has 6 N–H and O–H groups in total. The smallest absolute Gasteiger partial charge is 0.872 e. The number of carboxylic acids is 2. The molecule has 0 bridgehead atoms. The van der Waals surface area contributed by atoms with Crippen molar-refractivity contribution in [2.24, 2.45) is 0 Å². The second-order valence-corrected chi connectivity index (χ2v) is 4.12. The molecular weight excluding hydrogens is 358 g/mol. The fourth-order valence-electron chi connectivity index (χ4n) is 1.43. The molecule has 0 heterocycles. The number of benzene rings is 2. The van der Waals surface area contributed by atoms with Crippen LogP contribution in [0.2, 0.25) is 0 Å². The van der Waals surface area contributed by atoms with Gasteiger partial charge in [0.05, 0.1) is 5.97 Å². The first kappa shape index (κ1) is 20.2. The second kappa shape index (κ2) is 8.60. The Hall–Kier alpha value is -2.80. The maximum Gasteiger partial charge on any atom is 2.00 e. The molecule has 0 atom stereocenters. The van der Waals surface area contributed by atoms with Crippen molar-refractivity contribution in [3.63, 3.8) is 0 Å². The van der Waals surface area contributed by atoms with E-state index in [0.29, 0.717) is 5.69 Å². The second-order valence-electron chi connectivity index (χ2n) is 4.12. The van der Waals surface area contributed by atoms with E-state index in [1.165, 1.54) is 24.3 Å². The molecule has 0 radical (unpaired) electrons. The Morgan fingerprint density at radius 1 is 0.957 bits per heavy atom. The van der Waals surface area contributed by atoms with Crippen molar-refractivity contribution in [2.45, 2.75) is 0 Å². The van der Waals surface area contributed by atoms with Crippen LogP contribution in [-0.2, 0) is 19.5 Å². The third-order valence-corrected chi connectivity index (χ3v) is 2.47. The van der Waals surface area contributed by atoms with Gasteiger partial charge in [-0.3, -0.25) is 0 Å². The summed E-state index contributed by atoms with van der Waals surface area (Å²) in [5.74, 6) is -3.54. The van der Waals surface area contributed by atoms with Crippen molar-refractivity contribution < 1.29 is 49.5 Å². The van der Waals surface area contributed by atoms with E-state index in [1.807, 2.05) is 0 Å². The summed E-state index contributed by atoms with van der Waals surface area (Å²) in [4.78, 5) is 20.6. The summed E-state index contributed by atoms with van der Waals surface area (Å²) in [6.45, 7) is 0. The molecule has 0 aromatic heterocycles. The predicted octanol–water partition coefficient (Wildman–Crippen LogP) is -0.624. The number of rotatable bonds is 2. The largest absolute Gasteiger partial charge is 2.00 e. The molecule has 2 aromatic carbocycles. The number of aromatic carboxylic acids is 2. The van der Waals surface area contributed by atoms with Crippen LogP contribution in [-0.4, -0.2) is 22.2 Å². The molecule has 0 fully saturated rings. The van der Waals surface area contributed by atoms with Gasteiger partial charge in [-0.15, -0.1) is 0 Å². The number of nitrogens with two attached hydrogens (primary N) is 2. The number of hydrogen-bond acceptors (Lipinski definition) is 7. The van der Waals surface area contributed by atoms with E-state index in [1.54, 1.807) is 0 Å². The summed E-state index contributed by atoms with van der Waals surface area (Å²) < 4.78 is 0. The number of anilines is 2. The maximum absolute atomic E-state index is 10.7. The van der Waals surface area contributed by atoms with Crippen molar-refractivity contribution >= 4 is 23.3 Å². The van der Waals surface area contributed by atoms with Gasteiger partial charge in [-0.25, -0.2) is 4.79 Å². The fraction of sp³-hybridized carbons (Fsp3) is 0. The Kier molecular flexibility index (Phi) is 7.55. The molecule has 0 aliphatic rings. The predicted molar refractivity (Wildman–Crippen MR) is 74.1 cm³/mol. The van der Waals surface area contributed by atoms with E-state index in [-0.39, 0.29) is 36.5 Å². The zero-order valence-corrected chi connectivity index (χ0v) is 14.8. The van der Waals surface area contributed by atoms with Gasteiger partial charge in [-0.2, -0.15) is 0 Å². The van der Waals surface area contributed by atoms with Crippen molar-refractivity contribution in [1.82, 2.24) is 0 Å². The van der Waals surface area contributed by atoms with Crippen LogP contribution in [0.15, 0.2) is 36.4 Å². The van der Waals surface area contributed by atoms with Crippen molar-refractivity contribution in [2.75, 3.05) is 11.5 Å². The minimum atomic E-state index is -1.50. The van der Waals surface area contributed by atoms with Gasteiger partial charge in [0.1, 0.15) is 11.3 Å². The van der Waals surface area contributed by atoms with E-state index in [4.69, 9.17) is 21.7 Å². The average Bonchev–Trinajstić information content (AvgIpc) is 2.44. The van der Waals surface area contributed by atoms with Gasteiger partial charge in [-0.1, -0.05) is 11.8 Å². The van der Waals surface area contributed by atoms with E-state index in [2.05, 4.69) is 0 Å². The summed E-state index contributed by atoms with van der Waals surface area (Å²) in [5, 5.41) is 38.4. The Bertz CT molecular complexity index is 659. The van der Waals surface area contributed by atoms with Crippen LogP contribution < -0.4 is 21.7 Å². The summed E-state index contributed by atoms with van der Waals surface area (Å²) in [5.41, 5.74) is 10.5. The number of nitrogen functional groups attached to an aromatic ring is 2. The zero-order chi connectivity index (χ0) is 16.9. The van der Waals surface area contributed by atoms with E-state index >= 15 is 0 Å². The third kappa shape index (κ3) is 5.84. The van der Waals surface area contributed by atoms with E-state index in [9.17, 15) is 19.8 Å². The molecule has 0 aliphatic heterocycles. The van der Waals surface area contributed by atoms with Crippen LogP contribution in [0.25, 0.3) is 0 Å². The molecule has 0 aliphatic carbocycles. The number of phenols is 1. The monoisotopic (exact) mass is 368 g/mol. The topological polar surface area (TPSA) is 173 Å². The minimum absolute atomic E-state index is 0. The van der Waals surface area contributed by atoms with Crippen molar-refractivity contribution in [3.05, 3.63) is 47.5 Å². The van der Waals surface area contributed by atoms with Gasteiger partial charge in [0.25, 0.3) is 0 Å². The van der Waals surface area contributed by atoms with Gasteiger partial charge in [0.15, 0.2) is 0 Å². The first-order chi connectivity index (χ1) is 10.2. The first-order valence-corrected chi connectivity index (χ1v) is 5.82. The number of hydrogen-bond donors (Lipinski definition) is 4. The quantitative estimate of drug-likeness (QED) is 0.308. The molecule has 0 saturated carbocycles. The van der Waals surface area contributed by atoms with E-state index < -0.39 is 23.3 Å². The van der Waals surface area contributed by atoms with Crippen LogP contribution in [0, 0.1) is 0 Å². The Balaban J connectivity index is 0.000000403. The normalized spacial score (nSPS) is 9.04. The molecule has 0 spiro atoms. The van der Waals surface area contributed by atoms with Crippen LogP contribution in [0.4, 0.5) is 11.4 Å². The average molecular weight is 370 g/mol. The van der Waals surface area contributed by atoms with Gasteiger partial charge < -0.3 is 36.7 Å². The molecule has 9 heteroatoms. The van der Waals surface area contributed by atoms with Crippen LogP contribution in [0.1, 0.15) is 20.7 Å². The molecule has 0 unspecified atom stereocenters. The van der Waals surface area contributed by atoms with Crippen molar-refractivity contribution in [3.8, 4) is 11.5 Å². The number of carboxylic acid groups (broad SMARTS) is 2. The van der Waals surface area contributed by atoms with Crippen LogP contribution >= 0.6 is 0 Å². The van der Waals surface area contributed by atoms with Crippen LogP contribution in [0.5, 0.6) is 11.5 Å². The zero-order valence-electron chi connectivity index (χ0n) is 11.9. The van der Waals surface area contributed by atoms with Gasteiger partial charge >= 0.3 is 25.4 Å². The minimum Gasteiger partial charge on any atom is -0.872 e. The number of carbonyl (C=O) groups excluding carboxylic acids is 1. The summed E-state index contributed by atoms with van der Waals surface area (Å²) in [7, 11) is 0. The molecule has 2 aromatic rings. The number of carbonyl (C=O) groups is 2. The molecule has 116 valence electrons. The first-order valence-electron chi connectivity index (χ1n) is 5.82. The SMILES string of the molecule is Nc1ccc(O)c(C(=O)O)c1.Nc1ccc([O-])c(C(=O)[O-])c1.[Zn+2]. The standard InChI is InChI=1S/2C7H7NO3.Zn/c2*8-4-1-2-6(9)5(3-4)7(10)11;/h2*1-3,9H,8H2,(H,10,11);/q;;+2/p-2. The summed E-state index contributed by atoms with van der Waals surface area (Å²) in [6.07, 6.45) is 0. The Morgan fingerprint density at radius 2 is 1.43 bits per heavy atom. The molecule has 23 heavy (non-hydrogen) atoms. The molecule has 8 nitrogen and oxygen atoms in total. The molecule has 0 amide bonds. The molecule has 2 rings (SSSR count). The fourth-order valence-corrected chi connectivity index (χ4v) is 1.43.